The van der Waals surface area contributed by atoms with Crippen molar-refractivity contribution in [3.05, 3.63) is 228 Å². The fourth-order valence-corrected chi connectivity index (χ4v) is 11.7. The molecule has 0 unspecified atom stereocenters. The Bertz CT molecular complexity index is 4370. The third-order valence-corrected chi connectivity index (χ3v) is 16.7. The second-order valence-electron chi connectivity index (χ2n) is 28.0. The van der Waals surface area contributed by atoms with E-state index in [1.807, 2.05) is 72.4 Å². The monoisotopic (exact) mass is 1300 g/mol. The van der Waals surface area contributed by atoms with Gasteiger partial charge in [0.25, 0.3) is 0 Å². The van der Waals surface area contributed by atoms with Gasteiger partial charge >= 0.3 is 0 Å². The summed E-state index contributed by atoms with van der Waals surface area (Å²) in [5, 5.41) is 3.39. The molecule has 9 aromatic rings. The summed E-state index contributed by atoms with van der Waals surface area (Å²) in [4.78, 5) is 9.10. The molecule has 8 aromatic carbocycles. The Hall–Kier alpha value is -7.20. The van der Waals surface area contributed by atoms with Gasteiger partial charge in [0.05, 0.1) is 12.3 Å². The van der Waals surface area contributed by atoms with Crippen LogP contribution < -0.4 is 19.9 Å². The zero-order valence-electron chi connectivity index (χ0n) is 60.6. The summed E-state index contributed by atoms with van der Waals surface area (Å²) in [6, 6.07) is 42.1. The summed E-state index contributed by atoms with van der Waals surface area (Å²) in [5.41, 5.74) is 14.0. The number of rotatable bonds is 10. The van der Waals surface area contributed by atoms with Gasteiger partial charge in [0.15, 0.2) is 0 Å². The molecule has 0 atom stereocenters. The van der Waals surface area contributed by atoms with Crippen LogP contribution in [0.25, 0.3) is 44.5 Å². The number of benzene rings is 8. The molecule has 6 heteroatoms. The van der Waals surface area contributed by atoms with Crippen LogP contribution in [0.15, 0.2) is 176 Å². The molecule has 2 aliphatic rings. The topological polar surface area (TPSA) is 40.6 Å². The van der Waals surface area contributed by atoms with E-state index in [2.05, 4.69) is 176 Å². The predicted octanol–water partition coefficient (Wildman–Crippen LogP) is 21.8. The number of para-hydroxylation sites is 4. The molecule has 0 radical (unpaired) electrons. The number of nitrogens with one attached hydrogen (secondary N) is 1. The molecular weight excluding hydrogens is 1200 g/mol. The Morgan fingerprint density at radius 1 is 0.548 bits per heavy atom. The van der Waals surface area contributed by atoms with E-state index >= 15 is 0 Å². The first-order valence-corrected chi connectivity index (χ1v) is 29.1. The number of pyridine rings is 1. The Morgan fingerprint density at radius 3 is 1.79 bits per heavy atom. The summed E-state index contributed by atoms with van der Waals surface area (Å²) < 4.78 is 87.9. The molecule has 0 bridgehead atoms. The van der Waals surface area contributed by atoms with E-state index < -0.39 is 18.1 Å². The summed E-state index contributed by atoms with van der Waals surface area (Å²) in [6.07, 6.45) is 4.06. The van der Waals surface area contributed by atoms with Gasteiger partial charge in [0.1, 0.15) is 5.82 Å². The van der Waals surface area contributed by atoms with Crippen molar-refractivity contribution in [1.82, 2.24) is 4.98 Å². The first kappa shape index (κ1) is 49.1. The zero-order chi connectivity index (χ0) is 66.9. The number of anilines is 6. The van der Waals surface area contributed by atoms with Gasteiger partial charge in [-0.1, -0.05) is 231 Å². The van der Waals surface area contributed by atoms with Gasteiger partial charge in [-0.2, -0.15) is 12.1 Å². The van der Waals surface area contributed by atoms with Crippen LogP contribution in [0.3, 0.4) is 0 Å². The molecule has 434 valence electrons. The second kappa shape index (κ2) is 22.3. The third kappa shape index (κ3) is 11.9. The molecule has 1 aliphatic carbocycles. The number of fused-ring (bicyclic) bond motifs is 2. The summed E-state index contributed by atoms with van der Waals surface area (Å²) in [6.45, 7) is 37.4. The van der Waals surface area contributed by atoms with Crippen molar-refractivity contribution < 1.29 is 38.1 Å². The van der Waals surface area contributed by atoms with Crippen LogP contribution in [-0.2, 0) is 53.6 Å². The van der Waals surface area contributed by atoms with Gasteiger partial charge < -0.3 is 19.9 Å². The number of hydrogen-bond donors (Lipinski definition) is 1. The van der Waals surface area contributed by atoms with E-state index in [0.717, 1.165) is 68.7 Å². The van der Waals surface area contributed by atoms with Crippen LogP contribution >= 0.6 is 0 Å². The molecule has 0 fully saturated rings. The van der Waals surface area contributed by atoms with Crippen LogP contribution in [0.4, 0.5) is 34.3 Å². The molecular formula is C78H83N4OPt-3. The Balaban J connectivity index is 0.00000946. The molecule has 0 saturated heterocycles. The first-order chi connectivity index (χ1) is 42.9. The van der Waals surface area contributed by atoms with E-state index in [-0.39, 0.29) is 107 Å². The number of ether oxygens (including phenoxy) is 1. The predicted molar refractivity (Wildman–Crippen MR) is 351 cm³/mol. The van der Waals surface area contributed by atoms with Gasteiger partial charge in [0.2, 0.25) is 0 Å². The molecule has 1 N–H and O–H groups in total. The molecule has 0 spiro atoms. The smallest absolute Gasteiger partial charge is 0.130 e. The minimum Gasteiger partial charge on any atom is -0.509 e. The second-order valence-corrected chi connectivity index (χ2v) is 28.0. The number of nitrogens with zero attached hydrogens (tertiary/aromatic N) is 3. The van der Waals surface area contributed by atoms with Crippen molar-refractivity contribution in [2.45, 2.75) is 156 Å². The van der Waals surface area contributed by atoms with Gasteiger partial charge in [-0.15, -0.1) is 53.8 Å². The zero-order valence-corrected chi connectivity index (χ0v) is 53.9. The van der Waals surface area contributed by atoms with Crippen molar-refractivity contribution in [1.29, 1.82) is 0 Å². The quantitative estimate of drug-likeness (QED) is 0.138. The van der Waals surface area contributed by atoms with Gasteiger partial charge in [-0.3, -0.25) is 0 Å². The van der Waals surface area contributed by atoms with E-state index in [4.69, 9.17) is 16.6 Å². The fraction of sp³-hybridized carbons (Fsp3) is 0.308. The normalized spacial score (nSPS) is 16.3. The average Bonchev–Trinajstić information content (AvgIpc) is 1.71. The molecule has 5 nitrogen and oxygen atoms in total. The van der Waals surface area contributed by atoms with Crippen LogP contribution in [0, 0.1) is 18.8 Å². The van der Waals surface area contributed by atoms with Gasteiger partial charge in [0, 0.05) is 78.2 Å². The van der Waals surface area contributed by atoms with Gasteiger partial charge in [-0.05, 0) is 114 Å². The van der Waals surface area contributed by atoms with Crippen molar-refractivity contribution in [2.24, 2.45) is 0 Å². The number of aromatic nitrogens is 1. The molecule has 0 saturated carbocycles. The minimum absolute atomic E-state index is 0. The van der Waals surface area contributed by atoms with Crippen LogP contribution in [0.2, 0.25) is 0 Å². The molecule has 84 heavy (non-hydrogen) atoms. The molecule has 0 amide bonds. The SMILES string of the molecule is [2H]c1c([2H])c([2H])c(-c2cccc(-c3cc(C(C)(C)C)cc(C(C)(C)C)c3)c2N2[CH-]N(c3[c-]c(Oc4[c-]cc(-c5c([2H])c([2H])c([2H])c([2H])c5Nc5cc(C(C)(C)C)c(-c6cccc7c6C(C)(C)CCC7(C)C)cn5)cc4)cc(C(C)(C)C)c3)c3ccccc32)c([2H])c1[2H].[Pt]. The van der Waals surface area contributed by atoms with Crippen molar-refractivity contribution >= 4 is 34.3 Å². The van der Waals surface area contributed by atoms with Crippen molar-refractivity contribution in [3.63, 3.8) is 0 Å². The van der Waals surface area contributed by atoms with Crippen molar-refractivity contribution in [2.75, 3.05) is 15.1 Å². The standard InChI is InChI=1S/C78H83N4O.Pt/c1-73(2,3)54-42-53(43-55(44-54)74(4,5)6)62-30-24-29-61(51-26-18-17-19-27-51)72(62)82-50-81(68-34-22-23-35-69(68)82)57-45-56(75(7,8)9)46-59(47-57)83-58-38-36-52(37-39-58)60-28-20-21-33-67(60)80-70-48-66(76(10,11)12)64(49-79-70)63-31-25-32-65-71(63)78(15,16)41-40-77(65,13)14;/h17-38,42-46,48-50H,40-41H2,1-16H3,(H,79,80);/q-3;/i17D,18D,19D,20D,21D,26D,27D,28D,33D;. The average molecular weight is 1300 g/mol. The fourth-order valence-electron chi connectivity index (χ4n) is 11.7. The van der Waals surface area contributed by atoms with E-state index in [1.165, 1.54) is 11.1 Å². The molecule has 1 aliphatic heterocycles. The summed E-state index contributed by atoms with van der Waals surface area (Å²) in [5.74, 6) is 1.19. The maximum absolute atomic E-state index is 9.33. The third-order valence-electron chi connectivity index (χ3n) is 16.7. The Labute approximate surface area is 529 Å². The molecule has 11 rings (SSSR count). The molecule has 1 aromatic heterocycles. The largest absolute Gasteiger partial charge is 0.509 e. The summed E-state index contributed by atoms with van der Waals surface area (Å²) >= 11 is 0. The van der Waals surface area contributed by atoms with Crippen LogP contribution in [0.1, 0.15) is 169 Å². The van der Waals surface area contributed by atoms with Crippen molar-refractivity contribution in [3.8, 4) is 56.0 Å². The molecule has 2 heterocycles. The number of hydrogen-bond acceptors (Lipinski definition) is 5. The Morgan fingerprint density at radius 2 is 1.14 bits per heavy atom. The first-order valence-electron chi connectivity index (χ1n) is 33.6. The van der Waals surface area contributed by atoms with Crippen LogP contribution in [-0.4, -0.2) is 4.98 Å². The maximum Gasteiger partial charge on any atom is 0.130 e. The maximum atomic E-state index is 9.33. The minimum atomic E-state index is -0.465. The van der Waals surface area contributed by atoms with Gasteiger partial charge in [-0.25, -0.2) is 4.98 Å². The van der Waals surface area contributed by atoms with E-state index in [9.17, 15) is 5.48 Å². The summed E-state index contributed by atoms with van der Waals surface area (Å²) in [7, 11) is 0. The Kier molecular flexibility index (Phi) is 13.1. The van der Waals surface area contributed by atoms with E-state index in [0.29, 0.717) is 39.8 Å². The van der Waals surface area contributed by atoms with Crippen LogP contribution in [0.5, 0.6) is 11.5 Å². The van der Waals surface area contributed by atoms with E-state index in [1.54, 1.807) is 18.2 Å².